The van der Waals surface area contributed by atoms with Crippen LogP contribution in [0.15, 0.2) is 0 Å². The van der Waals surface area contributed by atoms with Crippen molar-refractivity contribution < 1.29 is 14.3 Å². The highest BCUT2D eigenvalue weighted by Gasteiger charge is 2.48. The lowest BCUT2D eigenvalue weighted by Crippen LogP contribution is -2.27. The van der Waals surface area contributed by atoms with Crippen molar-refractivity contribution in [2.45, 2.75) is 19.3 Å². The van der Waals surface area contributed by atoms with Crippen LogP contribution in [0.5, 0.6) is 0 Å². The van der Waals surface area contributed by atoms with Crippen molar-refractivity contribution in [2.75, 3.05) is 7.11 Å². The van der Waals surface area contributed by atoms with E-state index in [0.29, 0.717) is 12.3 Å². The minimum absolute atomic E-state index is 0.0116. The van der Waals surface area contributed by atoms with Gasteiger partial charge < -0.3 is 4.74 Å². The van der Waals surface area contributed by atoms with Crippen LogP contribution in [0.3, 0.4) is 0 Å². The van der Waals surface area contributed by atoms with Gasteiger partial charge in [-0.1, -0.05) is 0 Å². The smallest absolute Gasteiger partial charge is 0.309 e. The summed E-state index contributed by atoms with van der Waals surface area (Å²) in [6, 6.07) is 0. The average Bonchev–Trinajstić information content (AvgIpc) is 2.60. The van der Waals surface area contributed by atoms with Crippen LogP contribution in [0.4, 0.5) is 0 Å². The maximum absolute atomic E-state index is 11.3. The molecule has 0 N–H and O–H groups in total. The lowest BCUT2D eigenvalue weighted by atomic mass is 9.88. The van der Waals surface area contributed by atoms with Crippen LogP contribution in [-0.4, -0.2) is 18.9 Å². The van der Waals surface area contributed by atoms with Crippen molar-refractivity contribution in [3.8, 4) is 0 Å². The molecule has 0 unspecified atom stereocenters. The van der Waals surface area contributed by atoms with E-state index in [1.807, 2.05) is 0 Å². The summed E-state index contributed by atoms with van der Waals surface area (Å²) >= 11 is 0. The van der Waals surface area contributed by atoms with Gasteiger partial charge in [0.25, 0.3) is 0 Å². The molecule has 2 aliphatic rings. The van der Waals surface area contributed by atoms with E-state index in [1.54, 1.807) is 0 Å². The van der Waals surface area contributed by atoms with E-state index >= 15 is 0 Å². The molecule has 3 nitrogen and oxygen atoms in total. The van der Waals surface area contributed by atoms with E-state index in [9.17, 15) is 9.59 Å². The van der Waals surface area contributed by atoms with Gasteiger partial charge in [-0.15, -0.1) is 0 Å². The van der Waals surface area contributed by atoms with E-state index in [1.165, 1.54) is 7.11 Å². The first-order valence-electron chi connectivity index (χ1n) is 4.33. The molecule has 0 aliphatic heterocycles. The molecule has 2 saturated carbocycles. The average molecular weight is 168 g/mol. The summed E-state index contributed by atoms with van der Waals surface area (Å²) in [4.78, 5) is 22.4. The second-order valence-corrected chi connectivity index (χ2v) is 3.74. The van der Waals surface area contributed by atoms with Crippen LogP contribution in [0, 0.1) is 17.8 Å². The van der Waals surface area contributed by atoms with Crippen molar-refractivity contribution >= 4 is 11.8 Å². The molecule has 0 spiro atoms. The zero-order chi connectivity index (χ0) is 8.72. The lowest BCUT2D eigenvalue weighted by molar-refractivity contribution is -0.149. The molecule has 2 rings (SSSR count). The van der Waals surface area contributed by atoms with Gasteiger partial charge in [-0.25, -0.2) is 0 Å². The zero-order valence-electron chi connectivity index (χ0n) is 7.08. The van der Waals surface area contributed by atoms with Crippen molar-refractivity contribution in [1.82, 2.24) is 0 Å². The van der Waals surface area contributed by atoms with E-state index in [0.717, 1.165) is 12.8 Å². The molecule has 2 fully saturated rings. The first-order chi connectivity index (χ1) is 5.72. The fourth-order valence-electron chi connectivity index (χ4n) is 2.51. The summed E-state index contributed by atoms with van der Waals surface area (Å²) in [7, 11) is 1.39. The molecule has 0 amide bonds. The van der Waals surface area contributed by atoms with Crippen molar-refractivity contribution in [2.24, 2.45) is 17.8 Å². The van der Waals surface area contributed by atoms with Crippen LogP contribution >= 0.6 is 0 Å². The number of ketones is 1. The molecule has 0 saturated heterocycles. The van der Waals surface area contributed by atoms with Crippen LogP contribution in [0.1, 0.15) is 19.3 Å². The van der Waals surface area contributed by atoms with Crippen LogP contribution in [0.2, 0.25) is 0 Å². The number of hydrogen-bond acceptors (Lipinski definition) is 3. The normalized spacial score (nSPS) is 38.8. The molecule has 3 atom stereocenters. The van der Waals surface area contributed by atoms with Crippen LogP contribution < -0.4 is 0 Å². The Morgan fingerprint density at radius 3 is 2.75 bits per heavy atom. The molecule has 66 valence electrons. The molecular weight excluding hydrogens is 156 g/mol. The molecule has 3 heteroatoms. The van der Waals surface area contributed by atoms with E-state index in [4.69, 9.17) is 0 Å². The Kier molecular flexibility index (Phi) is 1.67. The second kappa shape index (κ2) is 2.57. The van der Waals surface area contributed by atoms with Crippen molar-refractivity contribution in [3.05, 3.63) is 0 Å². The van der Waals surface area contributed by atoms with Crippen molar-refractivity contribution in [3.63, 3.8) is 0 Å². The predicted molar refractivity (Wildman–Crippen MR) is 41.3 cm³/mol. The number of carbonyl (C=O) groups is 2. The molecule has 12 heavy (non-hydrogen) atoms. The number of carbonyl (C=O) groups excluding carboxylic acids is 2. The first kappa shape index (κ1) is 7.77. The summed E-state index contributed by atoms with van der Waals surface area (Å²) in [6.45, 7) is 0. The number of ether oxygens (including phenoxy) is 1. The van der Waals surface area contributed by atoms with Gasteiger partial charge in [0.2, 0.25) is 0 Å². The Morgan fingerprint density at radius 1 is 1.50 bits per heavy atom. The summed E-state index contributed by atoms with van der Waals surface area (Å²) in [6.07, 6.45) is 2.47. The van der Waals surface area contributed by atoms with Gasteiger partial charge in [-0.2, -0.15) is 0 Å². The lowest BCUT2D eigenvalue weighted by Gasteiger charge is -2.17. The summed E-state index contributed by atoms with van der Waals surface area (Å²) in [5.74, 6) is 0.396. The minimum Gasteiger partial charge on any atom is -0.469 e. The highest BCUT2D eigenvalue weighted by Crippen LogP contribution is 2.46. The second-order valence-electron chi connectivity index (χ2n) is 3.74. The first-order valence-corrected chi connectivity index (χ1v) is 4.33. The highest BCUT2D eigenvalue weighted by atomic mass is 16.5. The monoisotopic (exact) mass is 168 g/mol. The number of hydrogen-bond donors (Lipinski definition) is 0. The van der Waals surface area contributed by atoms with E-state index in [2.05, 4.69) is 4.74 Å². The molecule has 0 radical (unpaired) electrons. The van der Waals surface area contributed by atoms with Crippen LogP contribution in [-0.2, 0) is 14.3 Å². The van der Waals surface area contributed by atoms with Gasteiger partial charge in [0.05, 0.1) is 13.0 Å². The Bertz CT molecular complexity index is 234. The number of methoxy groups -OCH3 is 1. The molecule has 2 bridgehead atoms. The Hall–Kier alpha value is -0.860. The topological polar surface area (TPSA) is 43.4 Å². The van der Waals surface area contributed by atoms with Gasteiger partial charge >= 0.3 is 5.97 Å². The Balaban J connectivity index is 2.12. The third-order valence-corrected chi connectivity index (χ3v) is 3.07. The molecule has 0 aromatic heterocycles. The van der Waals surface area contributed by atoms with Gasteiger partial charge in [0, 0.05) is 12.3 Å². The Labute approximate surface area is 71.1 Å². The maximum Gasteiger partial charge on any atom is 0.309 e. The molecular formula is C9H12O3. The van der Waals surface area contributed by atoms with Gasteiger partial charge in [-0.05, 0) is 18.8 Å². The maximum atomic E-state index is 11.3. The molecule has 0 aromatic carbocycles. The highest BCUT2D eigenvalue weighted by molar-refractivity contribution is 5.90. The molecule has 0 heterocycles. The fraction of sp³-hybridized carbons (Fsp3) is 0.778. The molecule has 0 aromatic rings. The van der Waals surface area contributed by atoms with Gasteiger partial charge in [-0.3, -0.25) is 9.59 Å². The van der Waals surface area contributed by atoms with Crippen LogP contribution in [0.25, 0.3) is 0 Å². The third kappa shape index (κ3) is 0.958. The van der Waals surface area contributed by atoms with Gasteiger partial charge in [0.15, 0.2) is 0 Å². The van der Waals surface area contributed by atoms with Gasteiger partial charge in [0.1, 0.15) is 5.78 Å². The van der Waals surface area contributed by atoms with E-state index in [-0.39, 0.29) is 23.6 Å². The zero-order valence-corrected chi connectivity index (χ0v) is 7.08. The summed E-state index contributed by atoms with van der Waals surface area (Å²) in [5.41, 5.74) is 0. The fourth-order valence-corrected chi connectivity index (χ4v) is 2.51. The number of fused-ring (bicyclic) bond motifs is 2. The SMILES string of the molecule is COC(=O)[C@H]1C[C@@H]2CC(=O)[C@H]1C2. The number of Topliss-reactive ketones (excluding diaryl/α,β-unsaturated/α-hetero) is 1. The standard InChI is InChI=1S/C9H12O3/c1-12-9(11)7-3-5-2-6(7)8(10)4-5/h5-7H,2-4H2,1H3/t5-,6+,7+/m1/s1. The van der Waals surface area contributed by atoms with Crippen molar-refractivity contribution in [1.29, 1.82) is 0 Å². The largest absolute Gasteiger partial charge is 0.469 e. The number of rotatable bonds is 1. The predicted octanol–water partition coefficient (Wildman–Crippen LogP) is 0.775. The third-order valence-electron chi connectivity index (χ3n) is 3.07. The quantitative estimate of drug-likeness (QED) is 0.543. The minimum atomic E-state index is -0.199. The Morgan fingerprint density at radius 2 is 2.25 bits per heavy atom. The summed E-state index contributed by atoms with van der Waals surface area (Å²) in [5, 5.41) is 0. The summed E-state index contributed by atoms with van der Waals surface area (Å²) < 4.78 is 4.64. The van der Waals surface area contributed by atoms with E-state index < -0.39 is 0 Å². The number of esters is 1. The molecule has 2 aliphatic carbocycles.